The van der Waals surface area contributed by atoms with Crippen molar-refractivity contribution in [3.05, 3.63) is 64.3 Å². The van der Waals surface area contributed by atoms with Crippen LogP contribution >= 0.6 is 11.6 Å². The first-order valence-electron chi connectivity index (χ1n) is 14.1. The lowest BCUT2D eigenvalue weighted by Crippen LogP contribution is -2.56. The molecule has 6 rings (SSSR count). The van der Waals surface area contributed by atoms with E-state index in [0.29, 0.717) is 30.2 Å². The van der Waals surface area contributed by atoms with Gasteiger partial charge in [-0.05, 0) is 62.1 Å². The number of likely N-dealkylation sites (tertiary alicyclic amines) is 1. The number of alkyl halides is 3. The molecule has 2 amide bonds. The minimum Gasteiger partial charge on any atom is -0.371 e. The number of anilines is 3. The number of halogens is 4. The molecule has 226 valence electrons. The Labute approximate surface area is 251 Å². The normalized spacial score (nSPS) is 20.5. The van der Waals surface area contributed by atoms with E-state index in [1.807, 2.05) is 29.8 Å². The molecule has 0 radical (unpaired) electrons. The van der Waals surface area contributed by atoms with Crippen LogP contribution in [-0.2, 0) is 17.4 Å². The van der Waals surface area contributed by atoms with E-state index in [4.69, 9.17) is 16.7 Å². The molecule has 43 heavy (non-hydrogen) atoms. The summed E-state index contributed by atoms with van der Waals surface area (Å²) in [6.45, 7) is 6.10. The van der Waals surface area contributed by atoms with Gasteiger partial charge >= 0.3 is 6.18 Å². The maximum atomic E-state index is 14.3. The number of rotatable bonds is 5. The van der Waals surface area contributed by atoms with Crippen LogP contribution in [0.5, 0.6) is 0 Å². The van der Waals surface area contributed by atoms with Crippen LogP contribution in [-0.4, -0.2) is 56.3 Å². The zero-order valence-corrected chi connectivity index (χ0v) is 24.8. The van der Waals surface area contributed by atoms with Crippen LogP contribution in [0.4, 0.5) is 30.5 Å². The Morgan fingerprint density at radius 1 is 1.21 bits per heavy atom. The minimum atomic E-state index is -4.70. The number of aromatic nitrogens is 4. The summed E-state index contributed by atoms with van der Waals surface area (Å²) in [6, 6.07) is 7.98. The number of aromatic amines is 1. The SMILES string of the molecule is CNc1n[nH]c2cc(N3C(=O)C4C[C@@H](C)N(C(=O)c5ccc(Cl)c(C(F)(F)F)c5)CC4n4ncc(CC(C)C)c43)ccc12. The number of carbonyl (C=O) groups is 2. The van der Waals surface area contributed by atoms with Crippen molar-refractivity contribution < 1.29 is 22.8 Å². The Kier molecular flexibility index (Phi) is 7.15. The van der Waals surface area contributed by atoms with Gasteiger partial charge in [0, 0.05) is 36.1 Å². The van der Waals surface area contributed by atoms with Gasteiger partial charge in [0.05, 0.1) is 39.9 Å². The standard InChI is InChI=1S/C30H31ClF3N7O2/c1-15(2)9-18-13-36-41-25-14-39(28(42)17-5-8-23(31)22(11-17)30(32,33)34)16(3)10-21(25)29(43)40(27(18)41)19-6-7-20-24(12-19)37-38-26(20)35-4/h5-8,11-13,15-16,21,25H,9-10,14H2,1-4H3,(H2,35,37,38)/t16-,21?,25?/m1/s1. The smallest absolute Gasteiger partial charge is 0.371 e. The summed E-state index contributed by atoms with van der Waals surface area (Å²) in [7, 11) is 1.79. The van der Waals surface area contributed by atoms with E-state index < -0.39 is 40.7 Å². The van der Waals surface area contributed by atoms with Gasteiger partial charge in [0.15, 0.2) is 5.82 Å². The second-order valence-corrected chi connectivity index (χ2v) is 12.1. The van der Waals surface area contributed by atoms with Crippen LogP contribution in [0.1, 0.15) is 54.7 Å². The number of H-pyrrole nitrogens is 1. The van der Waals surface area contributed by atoms with E-state index >= 15 is 0 Å². The highest BCUT2D eigenvalue weighted by Gasteiger charge is 2.48. The van der Waals surface area contributed by atoms with Gasteiger partial charge in [-0.15, -0.1) is 0 Å². The lowest BCUT2D eigenvalue weighted by atomic mass is 9.84. The third-order valence-corrected chi connectivity index (χ3v) is 8.66. The zero-order valence-electron chi connectivity index (χ0n) is 24.0. The molecule has 13 heteroatoms. The number of carbonyl (C=O) groups excluding carboxylic acids is 2. The van der Waals surface area contributed by atoms with Gasteiger partial charge in [0.25, 0.3) is 5.91 Å². The third kappa shape index (κ3) is 4.91. The van der Waals surface area contributed by atoms with E-state index in [-0.39, 0.29) is 23.9 Å². The van der Waals surface area contributed by atoms with E-state index in [9.17, 15) is 22.8 Å². The average Bonchev–Trinajstić information content (AvgIpc) is 3.56. The van der Waals surface area contributed by atoms with Gasteiger partial charge in [-0.1, -0.05) is 25.4 Å². The highest BCUT2D eigenvalue weighted by molar-refractivity contribution is 6.31. The molecule has 0 spiro atoms. The van der Waals surface area contributed by atoms with Gasteiger partial charge in [-0.2, -0.15) is 23.4 Å². The molecule has 0 bridgehead atoms. The molecule has 0 aliphatic carbocycles. The molecule has 3 atom stereocenters. The van der Waals surface area contributed by atoms with E-state index in [1.165, 1.54) is 11.0 Å². The molecule has 2 aliphatic heterocycles. The van der Waals surface area contributed by atoms with Crippen LogP contribution in [0.25, 0.3) is 10.9 Å². The van der Waals surface area contributed by atoms with Crippen LogP contribution in [0, 0.1) is 11.8 Å². The second-order valence-electron chi connectivity index (χ2n) is 11.7. The summed E-state index contributed by atoms with van der Waals surface area (Å²) in [5.41, 5.74) is 1.16. The molecular formula is C30H31ClF3N7O2. The van der Waals surface area contributed by atoms with Crippen molar-refractivity contribution in [2.45, 2.75) is 51.9 Å². The Morgan fingerprint density at radius 2 is 1.98 bits per heavy atom. The number of fused-ring (bicyclic) bond motifs is 4. The van der Waals surface area contributed by atoms with Crippen molar-refractivity contribution in [3.8, 4) is 0 Å². The molecular weight excluding hydrogens is 583 g/mol. The third-order valence-electron chi connectivity index (χ3n) is 8.33. The lowest BCUT2D eigenvalue weighted by Gasteiger charge is -2.47. The van der Waals surface area contributed by atoms with Crippen LogP contribution in [0.15, 0.2) is 42.6 Å². The van der Waals surface area contributed by atoms with Crippen molar-refractivity contribution in [1.29, 1.82) is 0 Å². The zero-order chi connectivity index (χ0) is 30.8. The Morgan fingerprint density at radius 3 is 2.67 bits per heavy atom. The molecule has 9 nitrogen and oxygen atoms in total. The fraction of sp³-hybridized carbons (Fsp3) is 0.400. The van der Waals surface area contributed by atoms with Gasteiger partial charge in [0.2, 0.25) is 5.91 Å². The molecule has 4 heterocycles. The Bertz CT molecular complexity index is 1730. The fourth-order valence-corrected chi connectivity index (χ4v) is 6.54. The maximum Gasteiger partial charge on any atom is 0.417 e. The molecule has 2 aromatic heterocycles. The van der Waals surface area contributed by atoms with Crippen LogP contribution in [0.3, 0.4) is 0 Å². The first-order valence-corrected chi connectivity index (χ1v) is 14.5. The molecule has 2 unspecified atom stereocenters. The molecule has 2 aromatic carbocycles. The quantitative estimate of drug-likeness (QED) is 0.270. The predicted octanol–water partition coefficient (Wildman–Crippen LogP) is 6.44. The van der Waals surface area contributed by atoms with E-state index in [2.05, 4.69) is 29.4 Å². The number of piperidine rings is 1. The second kappa shape index (κ2) is 10.6. The summed E-state index contributed by atoms with van der Waals surface area (Å²) < 4.78 is 42.4. The minimum absolute atomic E-state index is 0.110. The highest BCUT2D eigenvalue weighted by atomic mass is 35.5. The summed E-state index contributed by atoms with van der Waals surface area (Å²) in [4.78, 5) is 31.2. The monoisotopic (exact) mass is 613 g/mol. The first kappa shape index (κ1) is 29.0. The van der Waals surface area contributed by atoms with Gasteiger partial charge in [0.1, 0.15) is 5.82 Å². The largest absolute Gasteiger partial charge is 0.417 e. The van der Waals surface area contributed by atoms with Crippen molar-refractivity contribution in [3.63, 3.8) is 0 Å². The van der Waals surface area contributed by atoms with E-state index in [1.54, 1.807) is 18.1 Å². The molecule has 2 N–H and O–H groups in total. The van der Waals surface area contributed by atoms with Crippen LogP contribution < -0.4 is 10.2 Å². The van der Waals surface area contributed by atoms with Crippen LogP contribution in [0.2, 0.25) is 5.02 Å². The Balaban J connectivity index is 1.40. The average molecular weight is 614 g/mol. The molecule has 2 aliphatic rings. The van der Waals surface area contributed by atoms with Gasteiger partial charge in [-0.3, -0.25) is 19.6 Å². The fourth-order valence-electron chi connectivity index (χ4n) is 6.32. The van der Waals surface area contributed by atoms with Gasteiger partial charge < -0.3 is 10.2 Å². The van der Waals surface area contributed by atoms with Gasteiger partial charge in [-0.25, -0.2) is 4.68 Å². The number of amides is 2. The molecule has 0 saturated carbocycles. The van der Waals surface area contributed by atoms with Crippen molar-refractivity contribution >= 4 is 51.6 Å². The predicted molar refractivity (Wildman–Crippen MR) is 158 cm³/mol. The van der Waals surface area contributed by atoms with Crippen molar-refractivity contribution in [2.75, 3.05) is 23.8 Å². The summed E-state index contributed by atoms with van der Waals surface area (Å²) in [5, 5.41) is 15.5. The number of hydrogen-bond donors (Lipinski definition) is 2. The number of benzene rings is 2. The summed E-state index contributed by atoms with van der Waals surface area (Å²) >= 11 is 5.80. The number of hydrogen-bond acceptors (Lipinski definition) is 5. The maximum absolute atomic E-state index is 14.3. The highest BCUT2D eigenvalue weighted by Crippen LogP contribution is 2.45. The number of nitrogens with zero attached hydrogens (tertiary/aromatic N) is 5. The lowest BCUT2D eigenvalue weighted by molar-refractivity contribution is -0.137. The Hall–Kier alpha value is -4.06. The van der Waals surface area contributed by atoms with E-state index in [0.717, 1.165) is 28.6 Å². The van der Waals surface area contributed by atoms with Crippen molar-refractivity contribution in [1.82, 2.24) is 24.9 Å². The molecule has 1 saturated heterocycles. The topological polar surface area (TPSA) is 99.2 Å². The summed E-state index contributed by atoms with van der Waals surface area (Å²) in [5.74, 6) is 0.463. The number of nitrogens with one attached hydrogen (secondary N) is 2. The first-order chi connectivity index (χ1) is 20.4. The summed E-state index contributed by atoms with van der Waals surface area (Å²) in [6.07, 6.45) is -1.93. The van der Waals surface area contributed by atoms with Crippen molar-refractivity contribution in [2.24, 2.45) is 11.8 Å². The molecule has 4 aromatic rings. The molecule has 1 fully saturated rings.